The number of methoxy groups -OCH3 is 2. The highest BCUT2D eigenvalue weighted by molar-refractivity contribution is 6.29. The molecule has 9 heteroatoms. The molecular weight excluding hydrogens is 264 g/mol. The zero-order chi connectivity index (χ0) is 13.7. The van der Waals surface area contributed by atoms with Crippen molar-refractivity contribution in [1.82, 2.24) is 0 Å². The van der Waals surface area contributed by atoms with Gasteiger partial charge < -0.3 is 9.47 Å². The fourth-order valence-electron chi connectivity index (χ4n) is 1.37. The third kappa shape index (κ3) is 3.52. The molecule has 0 unspecified atom stereocenters. The Morgan fingerprint density at radius 3 is 2.33 bits per heavy atom. The lowest BCUT2D eigenvalue weighted by molar-refractivity contribution is -0.485. The Morgan fingerprint density at radius 2 is 2.00 bits per heavy atom. The van der Waals surface area contributed by atoms with Crippen LogP contribution in [0.4, 0.5) is 0 Å². The van der Waals surface area contributed by atoms with Crippen molar-refractivity contribution in [2.45, 2.75) is 6.42 Å². The second-order valence-corrected chi connectivity index (χ2v) is 3.75. The van der Waals surface area contributed by atoms with E-state index < -0.39 is 11.0 Å². The van der Waals surface area contributed by atoms with E-state index in [1.807, 2.05) is 0 Å². The number of nitro groups is 1. The molecule has 98 valence electrons. The van der Waals surface area contributed by atoms with Gasteiger partial charge in [0.2, 0.25) is 11.8 Å². The van der Waals surface area contributed by atoms with Crippen LogP contribution in [0, 0.1) is 16.0 Å². The molecule has 0 fully saturated rings. The van der Waals surface area contributed by atoms with Crippen molar-refractivity contribution in [1.29, 1.82) is 0 Å². The first-order valence-electron chi connectivity index (χ1n) is 4.79. The number of ether oxygens (including phenoxy) is 2. The molecule has 0 spiro atoms. The third-order valence-corrected chi connectivity index (χ3v) is 2.19. The molecule has 0 radical (unpaired) electrons. The van der Waals surface area contributed by atoms with E-state index in [9.17, 15) is 10.1 Å². The van der Waals surface area contributed by atoms with Crippen LogP contribution in [0.25, 0.3) is 0 Å². The van der Waals surface area contributed by atoms with E-state index >= 15 is 0 Å². The van der Waals surface area contributed by atoms with E-state index in [0.717, 1.165) is 0 Å². The van der Waals surface area contributed by atoms with Crippen molar-refractivity contribution in [3.8, 4) is 0 Å². The molecule has 1 aliphatic rings. The van der Waals surface area contributed by atoms with Gasteiger partial charge in [-0.3, -0.25) is 0 Å². The summed E-state index contributed by atoms with van der Waals surface area (Å²) < 4.78 is 10.1. The van der Waals surface area contributed by atoms with Crippen molar-refractivity contribution in [3.05, 3.63) is 21.7 Å². The van der Waals surface area contributed by atoms with E-state index in [4.69, 9.17) is 21.1 Å². The maximum absolute atomic E-state index is 10.3. The van der Waals surface area contributed by atoms with E-state index in [0.29, 0.717) is 11.5 Å². The maximum atomic E-state index is 10.3. The van der Waals surface area contributed by atoms with Crippen LogP contribution in [0.2, 0.25) is 0 Å². The summed E-state index contributed by atoms with van der Waals surface area (Å²) in [5, 5.41) is 12.7. The van der Waals surface area contributed by atoms with Gasteiger partial charge in [-0.15, -0.1) is 0 Å². The maximum Gasteiger partial charge on any atom is 0.327 e. The minimum absolute atomic E-state index is 0.184. The minimum atomic E-state index is -0.899. The van der Waals surface area contributed by atoms with Gasteiger partial charge in [0, 0.05) is 11.5 Å². The van der Waals surface area contributed by atoms with Crippen LogP contribution in [-0.4, -0.2) is 37.0 Å². The monoisotopic (exact) mass is 274 g/mol. The number of guanidine groups is 1. The van der Waals surface area contributed by atoms with Gasteiger partial charge in [-0.2, -0.15) is 9.98 Å². The van der Waals surface area contributed by atoms with Crippen LogP contribution in [0.15, 0.2) is 26.7 Å². The molecular formula is C9H11ClN4O4. The molecule has 0 N–H and O–H groups in total. The number of halogens is 1. The summed E-state index contributed by atoms with van der Waals surface area (Å²) in [4.78, 5) is 17.9. The molecule has 1 heterocycles. The Bertz CT molecular complexity index is 433. The second-order valence-electron chi connectivity index (χ2n) is 3.22. The molecule has 0 saturated heterocycles. The second kappa shape index (κ2) is 6.10. The molecule has 0 amide bonds. The van der Waals surface area contributed by atoms with Gasteiger partial charge in [-0.25, -0.2) is 10.1 Å². The smallest absolute Gasteiger partial charge is 0.327 e. The average Bonchev–Trinajstić information content (AvgIpc) is 2.29. The van der Waals surface area contributed by atoms with Gasteiger partial charge in [0.1, 0.15) is 11.0 Å². The summed E-state index contributed by atoms with van der Waals surface area (Å²) in [5.41, 5.74) is 0. The lowest BCUT2D eigenvalue weighted by Crippen LogP contribution is -2.32. The van der Waals surface area contributed by atoms with Crippen LogP contribution in [0.3, 0.4) is 0 Å². The topological polar surface area (TPSA) is 98.7 Å². The first-order chi connectivity index (χ1) is 8.47. The van der Waals surface area contributed by atoms with E-state index in [2.05, 4.69) is 21.7 Å². The fraction of sp³-hybridized carbons (Fsp3) is 0.444. The standard InChI is InChI=1S/C9H11ClN4O4/c1-5(10)4-6-7(17-2)11-9(13-14(15)16)12-8(6)18-3/h6H,1,4H2,2-3H3. The summed E-state index contributed by atoms with van der Waals surface area (Å²) in [5.74, 6) is -0.436. The van der Waals surface area contributed by atoms with Gasteiger partial charge >= 0.3 is 5.96 Å². The predicted molar refractivity (Wildman–Crippen MR) is 66.4 cm³/mol. The zero-order valence-electron chi connectivity index (χ0n) is 9.79. The zero-order valence-corrected chi connectivity index (χ0v) is 10.5. The van der Waals surface area contributed by atoms with Gasteiger partial charge in [-0.05, 0) is 0 Å². The lowest BCUT2D eigenvalue weighted by atomic mass is 10.0. The summed E-state index contributed by atoms with van der Waals surface area (Å²) in [6.45, 7) is 3.56. The third-order valence-electron chi connectivity index (χ3n) is 2.03. The normalized spacial score (nSPS) is 18.6. The van der Waals surface area contributed by atoms with Crippen LogP contribution in [0.5, 0.6) is 0 Å². The highest BCUT2D eigenvalue weighted by Crippen LogP contribution is 2.21. The molecule has 0 saturated carbocycles. The molecule has 0 aromatic carbocycles. The number of nitrogens with zero attached hydrogens (tertiary/aromatic N) is 4. The van der Waals surface area contributed by atoms with Crippen LogP contribution in [-0.2, 0) is 9.47 Å². The summed E-state index contributed by atoms with van der Waals surface area (Å²) in [6.07, 6.45) is 0.298. The Morgan fingerprint density at radius 1 is 1.50 bits per heavy atom. The molecule has 0 aromatic heterocycles. The molecule has 1 aliphatic heterocycles. The highest BCUT2D eigenvalue weighted by Gasteiger charge is 2.30. The van der Waals surface area contributed by atoms with E-state index in [1.54, 1.807) is 0 Å². The van der Waals surface area contributed by atoms with Gasteiger partial charge in [-0.1, -0.05) is 18.2 Å². The molecule has 8 nitrogen and oxygen atoms in total. The summed E-state index contributed by atoms with van der Waals surface area (Å²) in [6, 6.07) is 0. The SMILES string of the molecule is C=C(Cl)CC1C(OC)=NC(=N[N+](=O)[O-])N=C1OC. The molecule has 18 heavy (non-hydrogen) atoms. The van der Waals surface area contributed by atoms with Crippen molar-refractivity contribution in [3.63, 3.8) is 0 Å². The van der Waals surface area contributed by atoms with Crippen LogP contribution >= 0.6 is 11.6 Å². The number of aliphatic imine (C=N–C) groups is 2. The van der Waals surface area contributed by atoms with Gasteiger partial charge in [0.25, 0.3) is 0 Å². The lowest BCUT2D eigenvalue weighted by Gasteiger charge is -2.20. The van der Waals surface area contributed by atoms with Crippen molar-refractivity contribution in [2.24, 2.45) is 21.0 Å². The highest BCUT2D eigenvalue weighted by atomic mass is 35.5. The Balaban J connectivity index is 3.12. The van der Waals surface area contributed by atoms with Gasteiger partial charge in [0.15, 0.2) is 5.03 Å². The predicted octanol–water partition coefficient (Wildman–Crippen LogP) is 1.40. The number of hydrogen-bond acceptors (Lipinski definition) is 4. The van der Waals surface area contributed by atoms with Crippen LogP contribution in [0.1, 0.15) is 6.42 Å². The van der Waals surface area contributed by atoms with Crippen molar-refractivity contribution < 1.29 is 14.5 Å². The van der Waals surface area contributed by atoms with E-state index in [-0.39, 0.29) is 17.8 Å². The number of hydrogen-bond donors (Lipinski definition) is 0. The first kappa shape index (κ1) is 14.1. The molecule has 0 aromatic rings. The Hall–Kier alpha value is -1.96. The molecule has 0 atom stereocenters. The summed E-state index contributed by atoms with van der Waals surface area (Å²) in [7, 11) is 2.76. The Kier molecular flexibility index (Phi) is 4.78. The molecule has 1 rings (SSSR count). The molecule has 0 bridgehead atoms. The minimum Gasteiger partial charge on any atom is -0.483 e. The number of rotatable bonds is 3. The largest absolute Gasteiger partial charge is 0.483 e. The fourth-order valence-corrected chi connectivity index (χ4v) is 1.53. The van der Waals surface area contributed by atoms with E-state index in [1.165, 1.54) is 14.2 Å². The molecule has 0 aliphatic carbocycles. The average molecular weight is 275 g/mol. The number of hydrazone groups is 1. The van der Waals surface area contributed by atoms with Gasteiger partial charge in [0.05, 0.1) is 14.2 Å². The first-order valence-corrected chi connectivity index (χ1v) is 5.17. The van der Waals surface area contributed by atoms with Crippen molar-refractivity contribution in [2.75, 3.05) is 14.2 Å². The van der Waals surface area contributed by atoms with Crippen molar-refractivity contribution >= 4 is 29.4 Å². The number of allylic oxidation sites excluding steroid dienone is 1. The van der Waals surface area contributed by atoms with Crippen LogP contribution < -0.4 is 0 Å². The Labute approximate surface area is 108 Å². The summed E-state index contributed by atoms with van der Waals surface area (Å²) >= 11 is 5.72. The quantitative estimate of drug-likeness (QED) is 0.573.